The molecular weight excluding hydrogens is 328 g/mol. The van der Waals surface area contributed by atoms with Gasteiger partial charge in [0.25, 0.3) is 0 Å². The number of rotatable bonds is 6. The van der Waals surface area contributed by atoms with Crippen LogP contribution in [-0.4, -0.2) is 26.2 Å². The Hall–Kier alpha value is -2.15. The van der Waals surface area contributed by atoms with Gasteiger partial charge < -0.3 is 10.6 Å². The van der Waals surface area contributed by atoms with Crippen LogP contribution in [0.3, 0.4) is 0 Å². The molecule has 0 radical (unpaired) electrons. The number of halogens is 1. The van der Waals surface area contributed by atoms with Gasteiger partial charge >= 0.3 is 6.03 Å². The number of hydrogen-bond donors (Lipinski definition) is 2. The predicted octanol–water partition coefficient (Wildman–Crippen LogP) is 2.86. The van der Waals surface area contributed by atoms with E-state index in [-0.39, 0.29) is 18.0 Å². The molecule has 2 N–H and O–H groups in total. The molecule has 8 heteroatoms. The van der Waals surface area contributed by atoms with Gasteiger partial charge in [-0.05, 0) is 40.8 Å². The molecule has 0 unspecified atom stereocenters. The Morgan fingerprint density at radius 3 is 2.79 bits per heavy atom. The fourth-order valence-corrected chi connectivity index (χ4v) is 2.87. The fourth-order valence-electron chi connectivity index (χ4n) is 2.61. The maximum atomic E-state index is 12.3. The molecule has 1 fully saturated rings. The molecule has 7 nitrogen and oxygen atoms in total. The second-order valence-electron chi connectivity index (χ2n) is 6.34. The van der Waals surface area contributed by atoms with Crippen LogP contribution < -0.4 is 10.6 Å². The topological polar surface area (TPSA) is 84.7 Å². The Morgan fingerprint density at radius 2 is 2.12 bits per heavy atom. The third-order valence-corrected chi connectivity index (χ3v) is 4.40. The quantitative estimate of drug-likeness (QED) is 0.840. The van der Waals surface area contributed by atoms with E-state index in [0.717, 1.165) is 18.4 Å². The zero-order valence-electron chi connectivity index (χ0n) is 13.7. The number of nitrogens with one attached hydrogen (secondary N) is 2. The van der Waals surface area contributed by atoms with Crippen LogP contribution in [0.2, 0.25) is 5.02 Å². The number of carbonyl (C=O) groups is 1. The summed E-state index contributed by atoms with van der Waals surface area (Å²) < 4.78 is 1.79. The lowest BCUT2D eigenvalue weighted by molar-refractivity contribution is 0.232. The van der Waals surface area contributed by atoms with Crippen molar-refractivity contribution < 1.29 is 4.79 Å². The summed E-state index contributed by atoms with van der Waals surface area (Å²) >= 11 is 6.27. The number of amides is 2. The molecule has 0 saturated heterocycles. The summed E-state index contributed by atoms with van der Waals surface area (Å²) in [4.78, 5) is 12.3. The SMILES string of the molecule is CC(C)[C@H](NC(=O)NCc1nnnn1C1CC1)c1ccccc1Cl. The van der Waals surface area contributed by atoms with Gasteiger partial charge in [-0.1, -0.05) is 43.6 Å². The van der Waals surface area contributed by atoms with Crippen molar-refractivity contribution in [2.24, 2.45) is 5.92 Å². The van der Waals surface area contributed by atoms with Crippen LogP contribution in [-0.2, 0) is 6.54 Å². The highest BCUT2D eigenvalue weighted by molar-refractivity contribution is 6.31. The monoisotopic (exact) mass is 348 g/mol. The summed E-state index contributed by atoms with van der Waals surface area (Å²) in [7, 11) is 0. The molecule has 1 aliphatic rings. The van der Waals surface area contributed by atoms with Gasteiger partial charge in [0.15, 0.2) is 5.82 Å². The van der Waals surface area contributed by atoms with Crippen molar-refractivity contribution >= 4 is 17.6 Å². The first-order chi connectivity index (χ1) is 11.6. The van der Waals surface area contributed by atoms with E-state index >= 15 is 0 Å². The number of hydrogen-bond acceptors (Lipinski definition) is 4. The molecule has 0 spiro atoms. The molecule has 0 aliphatic heterocycles. The second-order valence-corrected chi connectivity index (χ2v) is 6.75. The van der Waals surface area contributed by atoms with Gasteiger partial charge in [-0.2, -0.15) is 0 Å². The van der Waals surface area contributed by atoms with E-state index in [2.05, 4.69) is 26.2 Å². The van der Waals surface area contributed by atoms with Crippen molar-refractivity contribution in [1.82, 2.24) is 30.8 Å². The number of nitrogens with zero attached hydrogens (tertiary/aromatic N) is 4. The fraction of sp³-hybridized carbons (Fsp3) is 0.500. The number of urea groups is 1. The summed E-state index contributed by atoms with van der Waals surface area (Å²) in [6.45, 7) is 4.38. The van der Waals surface area contributed by atoms with Gasteiger partial charge in [-0.15, -0.1) is 5.10 Å². The van der Waals surface area contributed by atoms with Crippen LogP contribution in [0.15, 0.2) is 24.3 Å². The molecule has 128 valence electrons. The Morgan fingerprint density at radius 1 is 1.38 bits per heavy atom. The minimum atomic E-state index is -0.265. The van der Waals surface area contributed by atoms with Crippen LogP contribution in [0.5, 0.6) is 0 Å². The van der Waals surface area contributed by atoms with Crippen molar-refractivity contribution in [3.63, 3.8) is 0 Å². The van der Waals surface area contributed by atoms with Crippen LogP contribution in [0.4, 0.5) is 4.79 Å². The molecule has 0 bridgehead atoms. The zero-order chi connectivity index (χ0) is 17.1. The van der Waals surface area contributed by atoms with Crippen LogP contribution in [0, 0.1) is 5.92 Å². The van der Waals surface area contributed by atoms with Gasteiger partial charge in [-0.25, -0.2) is 9.48 Å². The van der Waals surface area contributed by atoms with E-state index in [4.69, 9.17) is 11.6 Å². The third kappa shape index (κ3) is 3.84. The van der Waals surface area contributed by atoms with Crippen molar-refractivity contribution in [3.05, 3.63) is 40.7 Å². The van der Waals surface area contributed by atoms with Crippen LogP contribution in [0.25, 0.3) is 0 Å². The van der Waals surface area contributed by atoms with E-state index in [0.29, 0.717) is 23.4 Å². The Bertz CT molecular complexity index is 712. The zero-order valence-corrected chi connectivity index (χ0v) is 14.5. The van der Waals surface area contributed by atoms with E-state index in [1.54, 1.807) is 4.68 Å². The summed E-state index contributed by atoms with van der Waals surface area (Å²) in [6.07, 6.45) is 2.18. The average molecular weight is 349 g/mol. The first-order valence-corrected chi connectivity index (χ1v) is 8.49. The van der Waals surface area contributed by atoms with Gasteiger partial charge in [0, 0.05) is 5.02 Å². The van der Waals surface area contributed by atoms with Crippen molar-refractivity contribution in [2.45, 2.75) is 45.3 Å². The number of tetrazole rings is 1. The molecule has 1 aliphatic carbocycles. The molecular formula is C16H21ClN6O. The molecule has 2 aromatic rings. The number of carbonyl (C=O) groups excluding carboxylic acids is 1. The smallest absolute Gasteiger partial charge is 0.315 e. The minimum absolute atomic E-state index is 0.168. The van der Waals surface area contributed by atoms with E-state index < -0.39 is 0 Å². The minimum Gasteiger partial charge on any atom is -0.331 e. The number of aromatic nitrogens is 4. The van der Waals surface area contributed by atoms with Gasteiger partial charge in [0.05, 0.1) is 18.6 Å². The van der Waals surface area contributed by atoms with Crippen molar-refractivity contribution in [3.8, 4) is 0 Å². The average Bonchev–Trinajstić information content (AvgIpc) is 3.29. The maximum absolute atomic E-state index is 12.3. The lowest BCUT2D eigenvalue weighted by Gasteiger charge is -2.24. The van der Waals surface area contributed by atoms with E-state index in [9.17, 15) is 4.79 Å². The standard InChI is InChI=1S/C16H21ClN6O/c1-10(2)15(12-5-3-4-6-13(12)17)19-16(24)18-9-14-20-21-22-23(14)11-7-8-11/h3-6,10-11,15H,7-9H2,1-2H3,(H2,18,19,24)/t15-/m0/s1. The van der Waals surface area contributed by atoms with Crippen LogP contribution in [0.1, 0.15) is 50.2 Å². The maximum Gasteiger partial charge on any atom is 0.315 e. The molecule has 1 atom stereocenters. The second kappa shape index (κ2) is 7.17. The third-order valence-electron chi connectivity index (χ3n) is 4.05. The lowest BCUT2D eigenvalue weighted by atomic mass is 9.96. The highest BCUT2D eigenvalue weighted by Crippen LogP contribution is 2.34. The van der Waals surface area contributed by atoms with Gasteiger partial charge in [0.2, 0.25) is 0 Å². The predicted molar refractivity (Wildman–Crippen MR) is 90.5 cm³/mol. The highest BCUT2D eigenvalue weighted by Gasteiger charge is 2.28. The molecule has 1 heterocycles. The lowest BCUT2D eigenvalue weighted by Crippen LogP contribution is -2.40. The van der Waals surface area contributed by atoms with Crippen molar-refractivity contribution in [1.29, 1.82) is 0 Å². The van der Waals surface area contributed by atoms with Crippen LogP contribution >= 0.6 is 11.6 Å². The molecule has 2 amide bonds. The molecule has 3 rings (SSSR count). The summed E-state index contributed by atoms with van der Waals surface area (Å²) in [5.41, 5.74) is 0.909. The molecule has 1 aromatic carbocycles. The van der Waals surface area contributed by atoms with Gasteiger partial charge in [0.1, 0.15) is 0 Å². The molecule has 1 saturated carbocycles. The van der Waals surface area contributed by atoms with Crippen molar-refractivity contribution in [2.75, 3.05) is 0 Å². The Balaban J connectivity index is 1.62. The summed E-state index contributed by atoms with van der Waals surface area (Å²) in [5.74, 6) is 0.874. The Labute approximate surface area is 145 Å². The normalized spacial score (nSPS) is 15.3. The number of benzene rings is 1. The Kier molecular flexibility index (Phi) is 4.99. The van der Waals surface area contributed by atoms with E-state index in [1.807, 2.05) is 38.1 Å². The summed E-state index contributed by atoms with van der Waals surface area (Å²) in [5, 5.41) is 18.1. The molecule has 24 heavy (non-hydrogen) atoms. The van der Waals surface area contributed by atoms with Gasteiger partial charge in [-0.3, -0.25) is 0 Å². The first-order valence-electron chi connectivity index (χ1n) is 8.11. The molecule has 1 aromatic heterocycles. The summed E-state index contributed by atoms with van der Waals surface area (Å²) in [6, 6.07) is 7.50. The highest BCUT2D eigenvalue weighted by atomic mass is 35.5. The first kappa shape index (κ1) is 16.7. The van der Waals surface area contributed by atoms with E-state index in [1.165, 1.54) is 0 Å². The largest absolute Gasteiger partial charge is 0.331 e.